The summed E-state index contributed by atoms with van der Waals surface area (Å²) in [5, 5.41) is 0. The summed E-state index contributed by atoms with van der Waals surface area (Å²) in [6, 6.07) is 2.99. The summed E-state index contributed by atoms with van der Waals surface area (Å²) in [5.74, 6) is -0.778. The molecule has 1 aromatic rings. The van der Waals surface area contributed by atoms with E-state index in [1.54, 1.807) is 12.1 Å². The van der Waals surface area contributed by atoms with Gasteiger partial charge in [0.1, 0.15) is 5.82 Å². The highest BCUT2D eigenvalue weighted by Crippen LogP contribution is 2.25. The Morgan fingerprint density at radius 3 is 2.41 bits per heavy atom. The zero-order valence-corrected chi connectivity index (χ0v) is 13.7. The molecule has 0 atom stereocenters. The molecule has 116 valence electrons. The van der Waals surface area contributed by atoms with Crippen LogP contribution in [0.4, 0.5) is 4.39 Å². The van der Waals surface area contributed by atoms with Crippen LogP contribution in [0.2, 0.25) is 0 Å². The highest BCUT2D eigenvalue weighted by atomic mass is 19.1. The molecule has 1 aromatic carbocycles. The number of benzene rings is 1. The molecule has 0 saturated heterocycles. The second kappa shape index (κ2) is 7.64. The van der Waals surface area contributed by atoms with Crippen molar-refractivity contribution in [1.29, 1.82) is 0 Å². The van der Waals surface area contributed by atoms with E-state index in [-0.39, 0.29) is 11.3 Å². The van der Waals surface area contributed by atoms with Gasteiger partial charge in [-0.2, -0.15) is 0 Å². The van der Waals surface area contributed by atoms with E-state index < -0.39 is 5.82 Å². The zero-order valence-electron chi connectivity index (χ0n) is 13.7. The molecule has 0 spiro atoms. The highest BCUT2D eigenvalue weighted by molar-refractivity contribution is 5.95. The van der Waals surface area contributed by atoms with Crippen molar-refractivity contribution >= 4 is 18.1 Å². The lowest BCUT2D eigenvalue weighted by atomic mass is 9.96. The van der Waals surface area contributed by atoms with E-state index in [4.69, 9.17) is 0 Å². The molecular weight excluding hydrogens is 277 g/mol. The van der Waals surface area contributed by atoms with Gasteiger partial charge in [-0.15, -0.1) is 0 Å². The Morgan fingerprint density at radius 1 is 1.32 bits per heavy atom. The van der Waals surface area contributed by atoms with Crippen LogP contribution in [0.25, 0.3) is 5.57 Å². The third-order valence-corrected chi connectivity index (χ3v) is 3.60. The van der Waals surface area contributed by atoms with Crippen molar-refractivity contribution < 1.29 is 9.18 Å². The zero-order chi connectivity index (χ0) is 16.9. The number of ketones is 1. The molecule has 0 heterocycles. The first-order valence-electron chi connectivity index (χ1n) is 7.17. The molecule has 0 saturated carbocycles. The fourth-order valence-electron chi connectivity index (χ4n) is 2.33. The summed E-state index contributed by atoms with van der Waals surface area (Å²) < 4.78 is 14.0. The molecule has 0 aromatic heterocycles. The lowest BCUT2D eigenvalue weighted by molar-refractivity contribution is 0.101. The van der Waals surface area contributed by atoms with Crippen molar-refractivity contribution in [1.82, 2.24) is 0 Å². The monoisotopic (exact) mass is 299 g/mol. The Balaban J connectivity index is 3.42. The van der Waals surface area contributed by atoms with Crippen LogP contribution in [0, 0.1) is 12.7 Å². The number of carbonyl (C=O) groups is 1. The van der Waals surface area contributed by atoms with Crippen molar-refractivity contribution in [3.05, 3.63) is 64.6 Å². The number of allylic oxidation sites excluding steroid dienone is 4. The lowest BCUT2D eigenvalue weighted by Crippen LogP contribution is -2.00. The minimum absolute atomic E-state index is 0.118. The number of aliphatic imine (C=N–C) groups is 1. The third kappa shape index (κ3) is 3.88. The van der Waals surface area contributed by atoms with Gasteiger partial charge in [0.2, 0.25) is 0 Å². The molecule has 0 amide bonds. The number of rotatable bonds is 6. The number of hydrogen-bond acceptors (Lipinski definition) is 2. The fourth-order valence-corrected chi connectivity index (χ4v) is 2.33. The minimum Gasteiger partial charge on any atom is -0.294 e. The Hall–Kier alpha value is -2.29. The number of hydrogen-bond donors (Lipinski definition) is 0. The van der Waals surface area contributed by atoms with E-state index >= 15 is 0 Å². The Bertz CT molecular complexity index is 681. The summed E-state index contributed by atoms with van der Waals surface area (Å²) >= 11 is 0. The molecule has 0 radical (unpaired) electrons. The van der Waals surface area contributed by atoms with Crippen LogP contribution >= 0.6 is 0 Å². The molecule has 2 nitrogen and oxygen atoms in total. The van der Waals surface area contributed by atoms with Crippen LogP contribution in [-0.4, -0.2) is 12.5 Å². The topological polar surface area (TPSA) is 29.4 Å². The van der Waals surface area contributed by atoms with Gasteiger partial charge >= 0.3 is 0 Å². The Morgan fingerprint density at radius 2 is 1.95 bits per heavy atom. The Kier molecular flexibility index (Phi) is 6.17. The fraction of sp³-hybridized carbons (Fsp3) is 0.263. The molecule has 0 aliphatic rings. The molecule has 0 fully saturated rings. The quantitative estimate of drug-likeness (QED) is 0.398. The van der Waals surface area contributed by atoms with Crippen molar-refractivity contribution in [2.24, 2.45) is 4.99 Å². The van der Waals surface area contributed by atoms with Crippen molar-refractivity contribution in [2.45, 2.75) is 34.1 Å². The molecule has 0 bridgehead atoms. The van der Waals surface area contributed by atoms with Crippen LogP contribution in [0.3, 0.4) is 0 Å². The maximum atomic E-state index is 14.0. The van der Waals surface area contributed by atoms with Gasteiger partial charge in [0.05, 0.1) is 11.3 Å². The van der Waals surface area contributed by atoms with E-state index in [2.05, 4.69) is 18.3 Å². The minimum atomic E-state index is -0.502. The third-order valence-electron chi connectivity index (χ3n) is 3.60. The highest BCUT2D eigenvalue weighted by Gasteiger charge is 2.12. The number of Topliss-reactive ketones (excluding diaryl/α,β-unsaturated/α-hetero) is 1. The first-order valence-corrected chi connectivity index (χ1v) is 7.17. The van der Waals surface area contributed by atoms with Crippen LogP contribution < -0.4 is 0 Å². The summed E-state index contributed by atoms with van der Waals surface area (Å²) in [5.41, 5.74) is 4.29. The number of nitrogens with zero attached hydrogens (tertiary/aromatic N) is 1. The molecular formula is C19H22FNO. The van der Waals surface area contributed by atoms with E-state index in [1.807, 2.05) is 26.8 Å². The normalized spacial score (nSPS) is 12.7. The number of carbonyl (C=O) groups excluding carboxylic acids is 1. The van der Waals surface area contributed by atoms with E-state index in [0.29, 0.717) is 0 Å². The first-order chi connectivity index (χ1) is 10.3. The van der Waals surface area contributed by atoms with E-state index in [1.165, 1.54) is 13.0 Å². The molecule has 3 heteroatoms. The van der Waals surface area contributed by atoms with Gasteiger partial charge in [-0.1, -0.05) is 19.6 Å². The average molecular weight is 299 g/mol. The van der Waals surface area contributed by atoms with Crippen LogP contribution in [0.5, 0.6) is 0 Å². The second-order valence-electron chi connectivity index (χ2n) is 5.16. The first kappa shape index (κ1) is 17.8. The summed E-state index contributed by atoms with van der Waals surface area (Å²) in [6.45, 7) is 14.5. The standard InChI is InChI=1S/C19H22FNO/c1-7-15(8-2)19(21-6)10-13(4)16-11-18(20)17(14(5)22)9-12(16)3/h7,9-11H,1,6,8H2,2-5H3/b13-10+,19-15-. The molecule has 0 aliphatic heterocycles. The predicted octanol–water partition coefficient (Wildman–Crippen LogP) is 5.29. The molecule has 0 N–H and O–H groups in total. The number of aryl methyl sites for hydroxylation is 1. The van der Waals surface area contributed by atoms with Gasteiger partial charge in [0, 0.05) is 0 Å². The van der Waals surface area contributed by atoms with Gasteiger partial charge in [0.15, 0.2) is 5.78 Å². The SMILES string of the molecule is C=C/C(CC)=C(\C=C(/C)c1cc(F)c(C(C)=O)cc1C)N=C. The van der Waals surface area contributed by atoms with Crippen LogP contribution in [0.1, 0.15) is 48.7 Å². The molecule has 0 unspecified atom stereocenters. The predicted molar refractivity (Wildman–Crippen MR) is 91.9 cm³/mol. The van der Waals surface area contributed by atoms with Crippen LogP contribution in [-0.2, 0) is 0 Å². The van der Waals surface area contributed by atoms with E-state index in [0.717, 1.165) is 34.4 Å². The molecule has 0 aliphatic carbocycles. The maximum absolute atomic E-state index is 14.0. The van der Waals surface area contributed by atoms with Gasteiger partial charge in [0.25, 0.3) is 0 Å². The second-order valence-corrected chi connectivity index (χ2v) is 5.16. The summed E-state index contributed by atoms with van der Waals surface area (Å²) in [7, 11) is 0. The van der Waals surface area contributed by atoms with Gasteiger partial charge in [-0.05, 0) is 74.4 Å². The smallest absolute Gasteiger partial charge is 0.162 e. The van der Waals surface area contributed by atoms with Gasteiger partial charge in [-0.3, -0.25) is 9.79 Å². The average Bonchev–Trinajstić information content (AvgIpc) is 2.48. The van der Waals surface area contributed by atoms with Crippen molar-refractivity contribution in [3.8, 4) is 0 Å². The van der Waals surface area contributed by atoms with Gasteiger partial charge in [-0.25, -0.2) is 4.39 Å². The molecule has 1 rings (SSSR count). The van der Waals surface area contributed by atoms with Crippen molar-refractivity contribution in [3.63, 3.8) is 0 Å². The summed E-state index contributed by atoms with van der Waals surface area (Å²) in [4.78, 5) is 15.4. The largest absolute Gasteiger partial charge is 0.294 e. The molecule has 22 heavy (non-hydrogen) atoms. The maximum Gasteiger partial charge on any atom is 0.162 e. The lowest BCUT2D eigenvalue weighted by Gasteiger charge is -2.10. The van der Waals surface area contributed by atoms with Gasteiger partial charge < -0.3 is 0 Å². The van der Waals surface area contributed by atoms with E-state index in [9.17, 15) is 9.18 Å². The van der Waals surface area contributed by atoms with Crippen LogP contribution in [0.15, 0.2) is 47.1 Å². The number of halogens is 1. The van der Waals surface area contributed by atoms with Crippen molar-refractivity contribution in [2.75, 3.05) is 0 Å². The summed E-state index contributed by atoms with van der Waals surface area (Å²) in [6.07, 6.45) is 4.40. The Labute approximate surface area is 131 Å².